The first kappa shape index (κ1) is 115. The fourth-order valence-electron chi connectivity index (χ4n) is 19.5. The lowest BCUT2D eigenvalue weighted by Crippen LogP contribution is -2.46. The van der Waals surface area contributed by atoms with E-state index in [4.69, 9.17) is 87.4 Å². The number of β-amino-alcohol motifs (C(OH)–C–C–N with tert-alkyl or cyclic N) is 1. The molecule has 8 fully saturated rings. The molecule has 4 saturated carbocycles. The Morgan fingerprint density at radius 3 is 0.887 bits per heavy atom. The molecule has 4 aliphatic carbocycles. The number of methoxy groups -OCH3 is 8. The highest BCUT2D eigenvalue weighted by Gasteiger charge is 2.41. The van der Waals surface area contributed by atoms with Crippen molar-refractivity contribution < 1.29 is 115 Å². The molecule has 0 aromatic heterocycles. The lowest BCUT2D eigenvalue weighted by Gasteiger charge is -2.37. The number of rotatable bonds is 42. The van der Waals surface area contributed by atoms with E-state index in [0.717, 1.165) is 221 Å². The molecule has 0 amide bonds. The second kappa shape index (κ2) is 63.3. The first-order chi connectivity index (χ1) is 68.5. The van der Waals surface area contributed by atoms with Crippen LogP contribution in [0.2, 0.25) is 0 Å². The zero-order valence-corrected chi connectivity index (χ0v) is 86.1. The predicted octanol–water partition coefficient (Wildman–Crippen LogP) is 20.3. The van der Waals surface area contributed by atoms with Crippen molar-refractivity contribution in [1.82, 2.24) is 19.6 Å². The van der Waals surface area contributed by atoms with Crippen LogP contribution in [0.3, 0.4) is 0 Å². The first-order valence-electron chi connectivity index (χ1n) is 51.0. The minimum absolute atomic E-state index is 0.0405. The highest BCUT2D eigenvalue weighted by molar-refractivity contribution is 6.61. The van der Waals surface area contributed by atoms with Gasteiger partial charge in [-0.05, 0) is 211 Å². The van der Waals surface area contributed by atoms with Gasteiger partial charge in [0.15, 0.2) is 46.0 Å². The number of aliphatic hydroxyl groups is 1. The third kappa shape index (κ3) is 38.6. The molecule has 32 nitrogen and oxygen atoms in total. The second-order valence-corrected chi connectivity index (χ2v) is 37.3. The van der Waals surface area contributed by atoms with E-state index in [-0.39, 0.29) is 77.5 Å². The number of hydrogen-bond acceptors (Lipinski definition) is 30. The van der Waals surface area contributed by atoms with Gasteiger partial charge in [0, 0.05) is 125 Å². The fourth-order valence-corrected chi connectivity index (χ4v) is 19.6. The molecule has 4 aliphatic heterocycles. The molecule has 0 radical (unpaired) electrons. The molecule has 1 N–H and O–H groups in total. The highest BCUT2D eigenvalue weighted by atomic mass is 35.5. The van der Waals surface area contributed by atoms with Gasteiger partial charge < -0.3 is 85.6 Å². The first-order valence-corrected chi connectivity index (χ1v) is 51.4. The predicted molar refractivity (Wildman–Crippen MR) is 540 cm³/mol. The number of non-ortho nitro benzene ring substituents is 2. The standard InChI is InChI=1S/C27H34N2O8.2C25H39NO5.C20H31NO4.C7H4ClNO4.C4H10/c1-33-25-12-7-19(17-26(25)34-2)14-16-35-24-6-4-3-5-23(24)28-15-13-22(18-28)37-27(30)36-21-10-8-20(9-11-21)29(31)32;2*1-4-5-10-25(27)31-20-13-15-26(18-20)21-8-6-7-9-22(21)30-16-14-19-11-12-23(28-2)24(17-19)29-3;1-23-19-8-7-15(13-20(19)24-2)10-12-25-18-6-4-3-5-17(18)21-11-9-16(22)14-21;8-7(10)13-6-3-1-5(2-4-6)9(11)12;1-3-4-2/h7-12,17,22-24H,3-6,13-16,18H2,1-2H3;2*11-12,17,20-22H,4-10,13-16,18H2,1-3H3;7-8,13,16-18,22H,3-6,9-12,14H2,1-2H3;1-4H;3-4H2,1-2H3/t22-,23-,24-;2*20-,21-,22-;16-,17-,18-;;/m1111../s1. The van der Waals surface area contributed by atoms with Crippen LogP contribution in [-0.2, 0) is 68.4 Å². The van der Waals surface area contributed by atoms with Gasteiger partial charge in [-0.25, -0.2) is 9.59 Å². The van der Waals surface area contributed by atoms with E-state index in [0.29, 0.717) is 87.6 Å². The van der Waals surface area contributed by atoms with Gasteiger partial charge in [0.1, 0.15) is 29.8 Å². The zero-order chi connectivity index (χ0) is 101. The van der Waals surface area contributed by atoms with Crippen molar-refractivity contribution in [1.29, 1.82) is 0 Å². The molecule has 12 atom stereocenters. The van der Waals surface area contributed by atoms with Crippen LogP contribution in [0, 0.1) is 20.2 Å². The second-order valence-electron chi connectivity index (χ2n) is 37.0. The Morgan fingerprint density at radius 2 is 0.624 bits per heavy atom. The van der Waals surface area contributed by atoms with E-state index in [2.05, 4.69) is 70.2 Å². The lowest BCUT2D eigenvalue weighted by molar-refractivity contribution is -0.385. The average molecular weight is 1990 g/mol. The Labute approximate surface area is 839 Å². The van der Waals surface area contributed by atoms with Crippen LogP contribution >= 0.6 is 11.6 Å². The number of unbranched alkanes of at least 4 members (excludes halogenated alkanes) is 3. The Bertz CT molecular complexity index is 4550. The molecule has 0 spiro atoms. The van der Waals surface area contributed by atoms with Gasteiger partial charge in [0.2, 0.25) is 0 Å². The SMILES string of the molecule is CCCC.CCCCC(=O)O[C@@H]1CCN([C@@H]2CCCC[C@H]2OCCc2ccc(OC)c(OC)c2)C1.CCCCC(=O)O[C@@H]1CCN([C@@H]2CCCC[C@H]2OCCc2ccc(OC)c(OC)c2)C1.COc1ccc(CCO[C@@H]2CCCC[C@H]2N2CC[C@@H](O)C2)cc1OC.COc1ccc(CCO[C@@H]2CCCC[C@H]2N2CC[C@@H](OC(=O)Oc3ccc([N+](=O)[O-])cc3)C2)cc1OC.O=C(Cl)Oc1ccc([N+](=O)[O-])cc1. The van der Waals surface area contributed by atoms with Crippen LogP contribution in [0.1, 0.15) is 230 Å². The third-order valence-electron chi connectivity index (χ3n) is 27.3. The van der Waals surface area contributed by atoms with Crippen LogP contribution < -0.4 is 47.4 Å². The normalized spacial score (nSPS) is 22.3. The number of carbonyl (C=O) groups is 4. The maximum Gasteiger partial charge on any atom is 0.514 e. The largest absolute Gasteiger partial charge is 0.514 e. The number of benzene rings is 6. The lowest BCUT2D eigenvalue weighted by atomic mass is 9.91. The van der Waals surface area contributed by atoms with Crippen LogP contribution in [-0.4, -0.2) is 267 Å². The number of ether oxygens (including phenoxy) is 17. The molecule has 33 heteroatoms. The van der Waals surface area contributed by atoms with Crippen molar-refractivity contribution in [2.75, 3.05) is 136 Å². The van der Waals surface area contributed by atoms with Crippen LogP contribution in [0.5, 0.6) is 57.5 Å². The van der Waals surface area contributed by atoms with Gasteiger partial charge in [-0.3, -0.25) is 49.4 Å². The van der Waals surface area contributed by atoms with Gasteiger partial charge >= 0.3 is 23.5 Å². The van der Waals surface area contributed by atoms with Crippen molar-refractivity contribution in [3.8, 4) is 57.5 Å². The molecule has 0 unspecified atom stereocenters. The number of nitro benzene ring substituents is 2. The van der Waals surface area contributed by atoms with E-state index in [1.807, 2.05) is 54.6 Å². The number of nitrogens with zero attached hydrogens (tertiary/aromatic N) is 6. The molecule has 782 valence electrons. The third-order valence-corrected chi connectivity index (χ3v) is 27.4. The van der Waals surface area contributed by atoms with E-state index in [1.54, 1.807) is 56.9 Å². The van der Waals surface area contributed by atoms with Crippen LogP contribution in [0.15, 0.2) is 121 Å². The molecule has 8 aliphatic rings. The minimum Gasteiger partial charge on any atom is -0.493 e. The Kier molecular flexibility index (Phi) is 51.5. The van der Waals surface area contributed by atoms with E-state index in [9.17, 15) is 44.5 Å². The maximum absolute atomic E-state index is 12.3. The molecule has 6 aromatic carbocycles. The molecule has 0 bridgehead atoms. The van der Waals surface area contributed by atoms with E-state index >= 15 is 0 Å². The van der Waals surface area contributed by atoms with Crippen LogP contribution in [0.4, 0.5) is 21.0 Å². The maximum atomic E-state index is 12.3. The Morgan fingerprint density at radius 1 is 0.348 bits per heavy atom. The minimum atomic E-state index is -0.978. The zero-order valence-electron chi connectivity index (χ0n) is 85.3. The molecule has 4 heterocycles. The topological polar surface area (TPSA) is 345 Å². The van der Waals surface area contributed by atoms with Crippen LogP contribution in [0.25, 0.3) is 0 Å². The quantitative estimate of drug-likeness (QED) is 0.00929. The molecule has 6 aromatic rings. The van der Waals surface area contributed by atoms with Gasteiger partial charge in [-0.15, -0.1) is 0 Å². The van der Waals surface area contributed by atoms with Gasteiger partial charge in [0.05, 0.1) is 124 Å². The average Bonchev–Trinajstić information content (AvgIpc) is 1.72. The summed E-state index contributed by atoms with van der Waals surface area (Å²) in [5.74, 6) is 6.25. The summed E-state index contributed by atoms with van der Waals surface area (Å²) < 4.78 is 94.9. The number of nitro groups is 2. The summed E-state index contributed by atoms with van der Waals surface area (Å²) in [6.07, 6.45) is 32.9. The van der Waals surface area contributed by atoms with Crippen molar-refractivity contribution in [3.63, 3.8) is 0 Å². The summed E-state index contributed by atoms with van der Waals surface area (Å²) in [6.45, 7) is 18.2. The molecular weight excluding hydrogens is 1830 g/mol. The van der Waals surface area contributed by atoms with Crippen molar-refractivity contribution in [2.24, 2.45) is 0 Å². The highest BCUT2D eigenvalue weighted by Crippen LogP contribution is 2.38. The van der Waals surface area contributed by atoms with E-state index in [1.165, 1.54) is 123 Å². The summed E-state index contributed by atoms with van der Waals surface area (Å²) in [4.78, 5) is 76.2. The summed E-state index contributed by atoms with van der Waals surface area (Å²) in [5, 5.41) is 30.8. The fraction of sp³-hybridized carbons (Fsp3) is 0.630. The smallest absolute Gasteiger partial charge is 0.493 e. The number of hydrogen-bond donors (Lipinski definition) is 1. The Hall–Kier alpha value is -9.87. The van der Waals surface area contributed by atoms with Gasteiger partial charge in [-0.2, -0.15) is 0 Å². The van der Waals surface area contributed by atoms with Crippen molar-refractivity contribution in [3.05, 3.63) is 164 Å². The number of likely N-dealkylation sites (tertiary alicyclic amines) is 4. The van der Waals surface area contributed by atoms with Crippen molar-refractivity contribution in [2.45, 2.75) is 306 Å². The monoisotopic (exact) mass is 1990 g/mol. The summed E-state index contributed by atoms with van der Waals surface area (Å²) in [5.41, 5.74) is 3.58. The number of carbonyl (C=O) groups excluding carboxylic acids is 4. The number of halogens is 1. The molecular formula is C108H157ClN6O26. The van der Waals surface area contributed by atoms with Gasteiger partial charge in [-0.1, -0.05) is 129 Å². The molecule has 4 saturated heterocycles. The summed E-state index contributed by atoms with van der Waals surface area (Å²) >= 11 is 4.92. The van der Waals surface area contributed by atoms with Gasteiger partial charge in [0.25, 0.3) is 11.4 Å². The molecule has 14 rings (SSSR count). The summed E-state index contributed by atoms with van der Waals surface area (Å²) in [6, 6.07) is 36.0. The van der Waals surface area contributed by atoms with E-state index < -0.39 is 21.4 Å². The number of aliphatic hydroxyl groups excluding tert-OH is 1. The Balaban J connectivity index is 0.000000200. The van der Waals surface area contributed by atoms with Crippen molar-refractivity contribution >= 4 is 46.5 Å². The number of esters is 2. The molecule has 141 heavy (non-hydrogen) atoms. The summed E-state index contributed by atoms with van der Waals surface area (Å²) in [7, 11) is 13.2.